The number of hydrogen-bond donors (Lipinski definition) is 1. The number of halogens is 1. The Balaban J connectivity index is 1.70. The zero-order valence-corrected chi connectivity index (χ0v) is 9.95. The van der Waals surface area contributed by atoms with Gasteiger partial charge in [-0.05, 0) is 35.7 Å². The number of rotatable bonds is 3. The smallest absolute Gasteiger partial charge is 0.126 e. The van der Waals surface area contributed by atoms with E-state index in [1.54, 1.807) is 12.1 Å². The second-order valence-corrected chi connectivity index (χ2v) is 4.41. The van der Waals surface area contributed by atoms with E-state index in [2.05, 4.69) is 17.4 Å². The molecule has 0 aromatic heterocycles. The van der Waals surface area contributed by atoms with Gasteiger partial charge in [-0.2, -0.15) is 0 Å². The summed E-state index contributed by atoms with van der Waals surface area (Å²) in [6.07, 6.45) is 1.06. The highest BCUT2D eigenvalue weighted by molar-refractivity contribution is 5.56. The fourth-order valence-electron chi connectivity index (χ4n) is 2.17. The molecule has 0 saturated carbocycles. The summed E-state index contributed by atoms with van der Waals surface area (Å²) >= 11 is 0. The van der Waals surface area contributed by atoms with Crippen LogP contribution in [0, 0.1) is 5.82 Å². The molecular formula is C15H14FNO. The van der Waals surface area contributed by atoms with Crippen LogP contribution in [0.1, 0.15) is 11.1 Å². The fraction of sp³-hybridized carbons (Fsp3) is 0.200. The molecule has 0 radical (unpaired) electrons. The Morgan fingerprint density at radius 3 is 3.00 bits per heavy atom. The molecule has 1 heterocycles. The Morgan fingerprint density at radius 2 is 2.11 bits per heavy atom. The third kappa shape index (κ3) is 2.30. The van der Waals surface area contributed by atoms with Crippen molar-refractivity contribution in [2.75, 3.05) is 11.9 Å². The normalized spacial score (nSPS) is 12.9. The van der Waals surface area contributed by atoms with Crippen molar-refractivity contribution in [3.63, 3.8) is 0 Å². The van der Waals surface area contributed by atoms with E-state index < -0.39 is 0 Å². The standard InChI is InChI=1S/C15H14FNO/c16-13-2-1-3-14(9-13)18-10-11-4-5-15-12(8-11)6-7-17-15/h1-5,8-9,17H,6-7,10H2. The average molecular weight is 243 g/mol. The Hall–Kier alpha value is -2.03. The molecule has 1 aliphatic heterocycles. The highest BCUT2D eigenvalue weighted by Crippen LogP contribution is 2.23. The summed E-state index contributed by atoms with van der Waals surface area (Å²) in [7, 11) is 0. The van der Waals surface area contributed by atoms with E-state index in [0.29, 0.717) is 12.4 Å². The van der Waals surface area contributed by atoms with Gasteiger partial charge in [0, 0.05) is 18.3 Å². The summed E-state index contributed by atoms with van der Waals surface area (Å²) < 4.78 is 18.6. The quantitative estimate of drug-likeness (QED) is 0.892. The minimum absolute atomic E-state index is 0.273. The van der Waals surface area contributed by atoms with Crippen LogP contribution in [-0.2, 0) is 13.0 Å². The van der Waals surface area contributed by atoms with Gasteiger partial charge in [-0.15, -0.1) is 0 Å². The predicted molar refractivity (Wildman–Crippen MR) is 69.4 cm³/mol. The molecule has 1 N–H and O–H groups in total. The number of anilines is 1. The van der Waals surface area contributed by atoms with Crippen molar-refractivity contribution in [3.05, 3.63) is 59.4 Å². The van der Waals surface area contributed by atoms with Gasteiger partial charge in [0.1, 0.15) is 18.2 Å². The van der Waals surface area contributed by atoms with Crippen molar-refractivity contribution in [2.24, 2.45) is 0 Å². The van der Waals surface area contributed by atoms with Gasteiger partial charge in [0.15, 0.2) is 0 Å². The first kappa shape index (κ1) is 11.1. The van der Waals surface area contributed by atoms with Crippen LogP contribution in [0.4, 0.5) is 10.1 Å². The molecule has 3 heteroatoms. The van der Waals surface area contributed by atoms with Gasteiger partial charge in [-0.1, -0.05) is 18.2 Å². The molecule has 0 unspecified atom stereocenters. The highest BCUT2D eigenvalue weighted by atomic mass is 19.1. The molecule has 92 valence electrons. The third-order valence-corrected chi connectivity index (χ3v) is 3.08. The molecule has 0 spiro atoms. The zero-order chi connectivity index (χ0) is 12.4. The van der Waals surface area contributed by atoms with Gasteiger partial charge in [-0.3, -0.25) is 0 Å². The van der Waals surface area contributed by atoms with Crippen molar-refractivity contribution in [2.45, 2.75) is 13.0 Å². The predicted octanol–water partition coefficient (Wildman–Crippen LogP) is 3.37. The van der Waals surface area contributed by atoms with E-state index in [1.807, 2.05) is 6.07 Å². The molecule has 0 amide bonds. The van der Waals surface area contributed by atoms with Gasteiger partial charge < -0.3 is 10.1 Å². The molecule has 0 atom stereocenters. The largest absolute Gasteiger partial charge is 0.489 e. The Morgan fingerprint density at radius 1 is 1.17 bits per heavy atom. The lowest BCUT2D eigenvalue weighted by Crippen LogP contribution is -1.96. The molecule has 2 aromatic rings. The molecule has 0 bridgehead atoms. The lowest BCUT2D eigenvalue weighted by molar-refractivity contribution is 0.304. The molecule has 1 aliphatic rings. The van der Waals surface area contributed by atoms with Crippen molar-refractivity contribution in [1.82, 2.24) is 0 Å². The van der Waals surface area contributed by atoms with Crippen molar-refractivity contribution < 1.29 is 9.13 Å². The second-order valence-electron chi connectivity index (χ2n) is 4.41. The maximum absolute atomic E-state index is 13.0. The monoisotopic (exact) mass is 243 g/mol. The first-order valence-corrected chi connectivity index (χ1v) is 6.05. The van der Waals surface area contributed by atoms with Crippen molar-refractivity contribution >= 4 is 5.69 Å². The molecule has 2 aromatic carbocycles. The Labute approximate surface area is 105 Å². The molecule has 18 heavy (non-hydrogen) atoms. The number of fused-ring (bicyclic) bond motifs is 1. The highest BCUT2D eigenvalue weighted by Gasteiger charge is 2.09. The Kier molecular flexibility index (Phi) is 2.89. The molecule has 0 fully saturated rings. The number of ether oxygens (including phenoxy) is 1. The lowest BCUT2D eigenvalue weighted by atomic mass is 10.1. The van der Waals surface area contributed by atoms with Gasteiger partial charge in [0.25, 0.3) is 0 Å². The van der Waals surface area contributed by atoms with Crippen LogP contribution < -0.4 is 10.1 Å². The van der Waals surface area contributed by atoms with E-state index in [1.165, 1.54) is 23.4 Å². The SMILES string of the molecule is Fc1cccc(OCc2ccc3c(c2)CCN3)c1. The molecular weight excluding hydrogens is 229 g/mol. The van der Waals surface area contributed by atoms with E-state index in [4.69, 9.17) is 4.74 Å². The maximum atomic E-state index is 13.0. The molecule has 0 aliphatic carbocycles. The van der Waals surface area contributed by atoms with Crippen LogP contribution in [0.5, 0.6) is 5.75 Å². The minimum Gasteiger partial charge on any atom is -0.489 e. The zero-order valence-electron chi connectivity index (χ0n) is 9.95. The van der Waals surface area contributed by atoms with Crippen molar-refractivity contribution in [1.29, 1.82) is 0 Å². The van der Waals surface area contributed by atoms with Crippen molar-refractivity contribution in [3.8, 4) is 5.75 Å². The third-order valence-electron chi connectivity index (χ3n) is 3.08. The van der Waals surface area contributed by atoms with E-state index in [0.717, 1.165) is 18.5 Å². The molecule has 0 saturated heterocycles. The first-order valence-electron chi connectivity index (χ1n) is 6.05. The summed E-state index contributed by atoms with van der Waals surface area (Å²) in [6.45, 7) is 1.47. The molecule has 2 nitrogen and oxygen atoms in total. The van der Waals surface area contributed by atoms with Gasteiger partial charge >= 0.3 is 0 Å². The van der Waals surface area contributed by atoms with Crippen LogP contribution in [0.2, 0.25) is 0 Å². The summed E-state index contributed by atoms with van der Waals surface area (Å²) in [6, 6.07) is 12.5. The Bertz CT molecular complexity index is 568. The topological polar surface area (TPSA) is 21.3 Å². The summed E-state index contributed by atoms with van der Waals surface area (Å²) in [5, 5.41) is 3.32. The number of hydrogen-bond acceptors (Lipinski definition) is 2. The minimum atomic E-state index is -0.273. The summed E-state index contributed by atoms with van der Waals surface area (Å²) in [5.74, 6) is 0.291. The molecule has 3 rings (SSSR count). The maximum Gasteiger partial charge on any atom is 0.126 e. The average Bonchev–Trinajstić information content (AvgIpc) is 2.84. The van der Waals surface area contributed by atoms with Gasteiger partial charge in [0.05, 0.1) is 0 Å². The second kappa shape index (κ2) is 4.69. The van der Waals surface area contributed by atoms with Crippen LogP contribution in [0.15, 0.2) is 42.5 Å². The fourth-order valence-corrected chi connectivity index (χ4v) is 2.17. The summed E-state index contributed by atoms with van der Waals surface area (Å²) in [5.41, 5.74) is 3.65. The van der Waals surface area contributed by atoms with E-state index >= 15 is 0 Å². The number of nitrogens with one attached hydrogen (secondary N) is 1. The van der Waals surface area contributed by atoms with E-state index in [-0.39, 0.29) is 5.82 Å². The van der Waals surface area contributed by atoms with Crippen LogP contribution in [-0.4, -0.2) is 6.54 Å². The van der Waals surface area contributed by atoms with Gasteiger partial charge in [0.2, 0.25) is 0 Å². The van der Waals surface area contributed by atoms with Crippen LogP contribution in [0.3, 0.4) is 0 Å². The van der Waals surface area contributed by atoms with Gasteiger partial charge in [-0.25, -0.2) is 4.39 Å². The van der Waals surface area contributed by atoms with E-state index in [9.17, 15) is 4.39 Å². The van der Waals surface area contributed by atoms with Crippen LogP contribution in [0.25, 0.3) is 0 Å². The first-order chi connectivity index (χ1) is 8.81. The lowest BCUT2D eigenvalue weighted by Gasteiger charge is -2.08. The number of benzene rings is 2. The summed E-state index contributed by atoms with van der Waals surface area (Å²) in [4.78, 5) is 0. The van der Waals surface area contributed by atoms with Crippen LogP contribution >= 0.6 is 0 Å².